The summed E-state index contributed by atoms with van der Waals surface area (Å²) < 4.78 is 1.93. The molecule has 0 radical (unpaired) electrons. The molecule has 2 aromatic heterocycles. The van der Waals surface area contributed by atoms with E-state index in [-0.39, 0.29) is 5.91 Å². The molecule has 1 aliphatic rings. The Morgan fingerprint density at radius 3 is 3.05 bits per heavy atom. The summed E-state index contributed by atoms with van der Waals surface area (Å²) in [4.78, 5) is 17.7. The zero-order valence-corrected chi connectivity index (χ0v) is 13.1. The van der Waals surface area contributed by atoms with Crippen LogP contribution in [-0.2, 0) is 11.3 Å². The van der Waals surface area contributed by atoms with Crippen LogP contribution in [0.2, 0.25) is 5.02 Å². The van der Waals surface area contributed by atoms with Gasteiger partial charge in [-0.15, -0.1) is 0 Å². The Morgan fingerprint density at radius 1 is 1.45 bits per heavy atom. The van der Waals surface area contributed by atoms with Crippen molar-refractivity contribution in [3.8, 4) is 0 Å². The van der Waals surface area contributed by atoms with Crippen LogP contribution in [0.3, 0.4) is 0 Å². The predicted octanol–water partition coefficient (Wildman–Crippen LogP) is 2.34. The number of amides is 1. The summed E-state index contributed by atoms with van der Waals surface area (Å²) >= 11 is 5.85. The highest BCUT2D eigenvalue weighted by Gasteiger charge is 2.24. The zero-order valence-electron chi connectivity index (χ0n) is 12.4. The molecule has 7 heteroatoms. The smallest absolute Gasteiger partial charge is 0.222 e. The van der Waals surface area contributed by atoms with Gasteiger partial charge in [-0.3, -0.25) is 19.4 Å². The van der Waals surface area contributed by atoms with E-state index >= 15 is 0 Å². The number of nitrogens with zero attached hydrogens (tertiary/aromatic N) is 4. The molecule has 0 spiro atoms. The number of rotatable bonds is 4. The van der Waals surface area contributed by atoms with Crippen molar-refractivity contribution in [3.63, 3.8) is 0 Å². The maximum absolute atomic E-state index is 11.0. The van der Waals surface area contributed by atoms with Gasteiger partial charge in [0.15, 0.2) is 5.82 Å². The molecule has 0 bridgehead atoms. The Balaban J connectivity index is 1.58. The molecule has 3 rings (SSSR count). The third-order valence-electron chi connectivity index (χ3n) is 3.71. The topological polar surface area (TPSA) is 63.1 Å². The normalized spacial score (nSPS) is 18.5. The summed E-state index contributed by atoms with van der Waals surface area (Å²) in [5.41, 5.74) is 1.02. The fourth-order valence-corrected chi connectivity index (χ4v) is 2.80. The quantitative estimate of drug-likeness (QED) is 0.939. The van der Waals surface area contributed by atoms with E-state index in [2.05, 4.69) is 20.3 Å². The first kappa shape index (κ1) is 15.0. The summed E-state index contributed by atoms with van der Waals surface area (Å²) in [6.07, 6.45) is 4.63. The summed E-state index contributed by atoms with van der Waals surface area (Å²) in [5.74, 6) is 0.498. The molecule has 0 aliphatic carbocycles. The molecule has 22 heavy (non-hydrogen) atoms. The van der Waals surface area contributed by atoms with Crippen LogP contribution in [0.1, 0.15) is 25.1 Å². The summed E-state index contributed by atoms with van der Waals surface area (Å²) in [5, 5.41) is 7.77. The van der Waals surface area contributed by atoms with Crippen LogP contribution in [0.5, 0.6) is 0 Å². The molecule has 1 fully saturated rings. The number of likely N-dealkylation sites (tertiary alicyclic amines) is 1. The molecular formula is C15H18ClN5O. The first-order chi connectivity index (χ1) is 10.6. The van der Waals surface area contributed by atoms with Gasteiger partial charge in [0.1, 0.15) is 0 Å². The number of carbonyl (C=O) groups excluding carboxylic acids is 1. The number of anilines is 1. The largest absolute Gasteiger partial charge is 0.309 e. The Morgan fingerprint density at radius 2 is 2.32 bits per heavy atom. The van der Waals surface area contributed by atoms with E-state index in [1.54, 1.807) is 6.20 Å². The number of carbonyl (C=O) groups is 1. The maximum Gasteiger partial charge on any atom is 0.222 e. The second-order valence-electron chi connectivity index (χ2n) is 5.51. The molecule has 1 atom stereocenters. The van der Waals surface area contributed by atoms with Crippen molar-refractivity contribution >= 4 is 23.3 Å². The van der Waals surface area contributed by atoms with E-state index in [9.17, 15) is 4.79 Å². The minimum Gasteiger partial charge on any atom is -0.309 e. The molecule has 6 nitrogen and oxygen atoms in total. The number of pyridine rings is 1. The van der Waals surface area contributed by atoms with Crippen molar-refractivity contribution in [1.29, 1.82) is 0 Å². The predicted molar refractivity (Wildman–Crippen MR) is 84.7 cm³/mol. The molecule has 1 aliphatic heterocycles. The first-order valence-corrected chi connectivity index (χ1v) is 7.63. The fraction of sp³-hybridized carbons (Fsp3) is 0.400. The molecule has 2 aromatic rings. The van der Waals surface area contributed by atoms with Gasteiger partial charge in [0.2, 0.25) is 5.91 Å². The standard InChI is InChI=1S/C15H18ClN5O/c1-11(22)18-15-5-7-21(19-15)14-4-6-20(10-14)9-13-3-2-12(16)8-17-13/h2-3,5,7-8,14H,4,6,9-10H2,1H3,(H,18,19,22)/t14-/m1/s1. The van der Waals surface area contributed by atoms with E-state index in [4.69, 9.17) is 11.6 Å². The monoisotopic (exact) mass is 319 g/mol. The van der Waals surface area contributed by atoms with Crippen LogP contribution in [0.15, 0.2) is 30.6 Å². The Hall–Kier alpha value is -1.92. The molecular weight excluding hydrogens is 302 g/mol. The van der Waals surface area contributed by atoms with Gasteiger partial charge in [0.05, 0.1) is 16.8 Å². The van der Waals surface area contributed by atoms with Crippen molar-refractivity contribution in [3.05, 3.63) is 41.3 Å². The molecule has 1 N–H and O–H groups in total. The maximum atomic E-state index is 11.0. The fourth-order valence-electron chi connectivity index (χ4n) is 2.69. The molecule has 0 unspecified atom stereocenters. The van der Waals surface area contributed by atoms with Gasteiger partial charge in [-0.2, -0.15) is 5.10 Å². The van der Waals surface area contributed by atoms with Crippen molar-refractivity contribution < 1.29 is 4.79 Å². The van der Waals surface area contributed by atoms with Crippen LogP contribution >= 0.6 is 11.6 Å². The van der Waals surface area contributed by atoms with Crippen LogP contribution in [-0.4, -0.2) is 38.7 Å². The van der Waals surface area contributed by atoms with Crippen molar-refractivity contribution in [1.82, 2.24) is 19.7 Å². The molecule has 1 amide bonds. The molecule has 0 saturated carbocycles. The van der Waals surface area contributed by atoms with E-state index < -0.39 is 0 Å². The van der Waals surface area contributed by atoms with Gasteiger partial charge < -0.3 is 5.32 Å². The Kier molecular flexibility index (Phi) is 4.40. The molecule has 116 valence electrons. The number of aromatic nitrogens is 3. The summed E-state index contributed by atoms with van der Waals surface area (Å²) in [7, 11) is 0. The van der Waals surface area contributed by atoms with E-state index in [0.29, 0.717) is 16.9 Å². The second-order valence-corrected chi connectivity index (χ2v) is 5.94. The molecule has 3 heterocycles. The zero-order chi connectivity index (χ0) is 15.5. The van der Waals surface area contributed by atoms with E-state index in [1.165, 1.54) is 6.92 Å². The van der Waals surface area contributed by atoms with Gasteiger partial charge in [0.25, 0.3) is 0 Å². The SMILES string of the molecule is CC(=O)Nc1ccn([C@@H]2CCN(Cc3ccc(Cl)cn3)C2)n1. The number of hydrogen-bond donors (Lipinski definition) is 1. The average Bonchev–Trinajstić information content (AvgIpc) is 3.10. The summed E-state index contributed by atoms with van der Waals surface area (Å²) in [6, 6.07) is 5.98. The highest BCUT2D eigenvalue weighted by Crippen LogP contribution is 2.23. The third kappa shape index (κ3) is 3.64. The minimum atomic E-state index is -0.105. The third-order valence-corrected chi connectivity index (χ3v) is 3.93. The number of halogens is 1. The van der Waals surface area contributed by atoms with Crippen LogP contribution < -0.4 is 5.32 Å². The van der Waals surface area contributed by atoms with Crippen molar-refractivity contribution in [2.75, 3.05) is 18.4 Å². The lowest BCUT2D eigenvalue weighted by Gasteiger charge is -2.15. The van der Waals surface area contributed by atoms with Crippen LogP contribution in [0.25, 0.3) is 0 Å². The Labute approximate surface area is 134 Å². The lowest BCUT2D eigenvalue weighted by atomic mass is 10.3. The number of nitrogens with one attached hydrogen (secondary N) is 1. The lowest BCUT2D eigenvalue weighted by Crippen LogP contribution is -2.22. The summed E-state index contributed by atoms with van der Waals surface area (Å²) in [6.45, 7) is 4.22. The number of hydrogen-bond acceptors (Lipinski definition) is 4. The van der Waals surface area contributed by atoms with Gasteiger partial charge in [-0.25, -0.2) is 0 Å². The Bertz CT molecular complexity index is 654. The minimum absolute atomic E-state index is 0.105. The van der Waals surface area contributed by atoms with Crippen molar-refractivity contribution in [2.24, 2.45) is 0 Å². The van der Waals surface area contributed by atoms with Crippen LogP contribution in [0, 0.1) is 0 Å². The van der Waals surface area contributed by atoms with Gasteiger partial charge in [-0.05, 0) is 18.6 Å². The lowest BCUT2D eigenvalue weighted by molar-refractivity contribution is -0.114. The van der Waals surface area contributed by atoms with Crippen LogP contribution in [0.4, 0.5) is 5.82 Å². The first-order valence-electron chi connectivity index (χ1n) is 7.26. The van der Waals surface area contributed by atoms with Crippen molar-refractivity contribution in [2.45, 2.75) is 25.9 Å². The van der Waals surface area contributed by atoms with Gasteiger partial charge >= 0.3 is 0 Å². The highest BCUT2D eigenvalue weighted by atomic mass is 35.5. The van der Waals surface area contributed by atoms with E-state index in [1.807, 2.05) is 29.1 Å². The molecule has 1 saturated heterocycles. The van der Waals surface area contributed by atoms with Gasteiger partial charge in [0, 0.05) is 45.0 Å². The average molecular weight is 320 g/mol. The highest BCUT2D eigenvalue weighted by molar-refractivity contribution is 6.30. The second kappa shape index (κ2) is 6.46. The molecule has 0 aromatic carbocycles. The van der Waals surface area contributed by atoms with Gasteiger partial charge in [-0.1, -0.05) is 11.6 Å². The van der Waals surface area contributed by atoms with E-state index in [0.717, 1.165) is 31.7 Å².